The number of piperidine rings is 1. The first-order chi connectivity index (χ1) is 12.5. The fourth-order valence-corrected chi connectivity index (χ4v) is 4.38. The van der Waals surface area contributed by atoms with Crippen molar-refractivity contribution in [1.82, 2.24) is 15.5 Å². The number of hydrogen-bond donors (Lipinski definition) is 2. The minimum Gasteiger partial charge on any atom is -0.342 e. The van der Waals surface area contributed by atoms with Gasteiger partial charge in [-0.1, -0.05) is 32.0 Å². The summed E-state index contributed by atoms with van der Waals surface area (Å²) in [4.78, 5) is 26.0. The first-order valence-electron chi connectivity index (χ1n) is 9.33. The molecule has 1 aliphatic rings. The smallest absolute Gasteiger partial charge is 0.315 e. The number of hydrogen-bond acceptors (Lipinski definition) is 3. The highest BCUT2D eigenvalue weighted by molar-refractivity contribution is 7.17. The molecule has 2 N–H and O–H groups in total. The number of rotatable bonds is 5. The van der Waals surface area contributed by atoms with Gasteiger partial charge >= 0.3 is 6.03 Å². The zero-order valence-electron chi connectivity index (χ0n) is 15.5. The number of carbonyl (C=O) groups excluding carboxylic acids is 2. The lowest BCUT2D eigenvalue weighted by atomic mass is 10.0. The van der Waals surface area contributed by atoms with Gasteiger partial charge in [-0.15, -0.1) is 11.3 Å². The molecule has 0 atom stereocenters. The molecule has 1 saturated heterocycles. The van der Waals surface area contributed by atoms with Gasteiger partial charge in [-0.05, 0) is 41.7 Å². The Labute approximate surface area is 158 Å². The van der Waals surface area contributed by atoms with E-state index in [1.807, 2.05) is 24.8 Å². The van der Waals surface area contributed by atoms with Crippen molar-refractivity contribution in [2.45, 2.75) is 39.2 Å². The topological polar surface area (TPSA) is 61.4 Å². The largest absolute Gasteiger partial charge is 0.342 e. The summed E-state index contributed by atoms with van der Waals surface area (Å²) in [6.45, 7) is 5.93. The van der Waals surface area contributed by atoms with Gasteiger partial charge in [-0.3, -0.25) is 4.79 Å². The number of nitrogens with zero attached hydrogens (tertiary/aromatic N) is 1. The molecule has 1 fully saturated rings. The second-order valence-electron chi connectivity index (χ2n) is 7.16. The predicted molar refractivity (Wildman–Crippen MR) is 107 cm³/mol. The molecule has 0 aliphatic carbocycles. The number of urea groups is 1. The fraction of sp³-hybridized carbons (Fsp3) is 0.500. The van der Waals surface area contributed by atoms with Crippen LogP contribution in [-0.2, 0) is 11.2 Å². The van der Waals surface area contributed by atoms with Gasteiger partial charge in [0, 0.05) is 36.3 Å². The summed E-state index contributed by atoms with van der Waals surface area (Å²) in [5.41, 5.74) is 1.28. The Bertz CT molecular complexity index is 763. The van der Waals surface area contributed by atoms with Crippen molar-refractivity contribution < 1.29 is 9.59 Å². The number of carbonyl (C=O) groups is 2. The lowest BCUT2D eigenvalue weighted by Gasteiger charge is -2.33. The van der Waals surface area contributed by atoms with Crippen molar-refractivity contribution in [2.75, 3.05) is 19.6 Å². The summed E-state index contributed by atoms with van der Waals surface area (Å²) in [7, 11) is 0. The van der Waals surface area contributed by atoms with Crippen molar-refractivity contribution in [3.05, 3.63) is 35.2 Å². The summed E-state index contributed by atoms with van der Waals surface area (Å²) in [5.74, 6) is 0.242. The Balaban J connectivity index is 1.39. The molecular weight excluding hydrogens is 346 g/mol. The van der Waals surface area contributed by atoms with Crippen molar-refractivity contribution in [3.63, 3.8) is 0 Å². The third-order valence-corrected chi connectivity index (χ3v) is 5.89. The third-order valence-electron chi connectivity index (χ3n) is 4.88. The average Bonchev–Trinajstić information content (AvgIpc) is 3.05. The zero-order chi connectivity index (χ0) is 18.5. The van der Waals surface area contributed by atoms with E-state index in [-0.39, 0.29) is 23.9 Å². The van der Waals surface area contributed by atoms with Gasteiger partial charge < -0.3 is 15.5 Å². The number of thiophene rings is 1. The van der Waals surface area contributed by atoms with Crippen molar-refractivity contribution in [3.8, 4) is 0 Å². The molecule has 2 aromatic rings. The van der Waals surface area contributed by atoms with Crippen LogP contribution in [0.2, 0.25) is 0 Å². The van der Waals surface area contributed by atoms with Gasteiger partial charge in [0.2, 0.25) is 5.91 Å². The van der Waals surface area contributed by atoms with E-state index in [1.54, 1.807) is 11.3 Å². The Morgan fingerprint density at radius 3 is 2.69 bits per heavy atom. The predicted octanol–water partition coefficient (Wildman–Crippen LogP) is 3.39. The van der Waals surface area contributed by atoms with E-state index in [1.165, 1.54) is 15.6 Å². The lowest BCUT2D eigenvalue weighted by Crippen LogP contribution is -2.50. The van der Waals surface area contributed by atoms with E-state index in [0.29, 0.717) is 6.54 Å². The van der Waals surface area contributed by atoms with Gasteiger partial charge in [-0.25, -0.2) is 4.79 Å². The molecule has 3 rings (SSSR count). The van der Waals surface area contributed by atoms with Crippen LogP contribution in [0.5, 0.6) is 0 Å². The molecule has 5 nitrogen and oxygen atoms in total. The second kappa shape index (κ2) is 8.54. The normalized spacial score (nSPS) is 15.4. The maximum absolute atomic E-state index is 12.1. The van der Waals surface area contributed by atoms with Crippen LogP contribution in [0.15, 0.2) is 29.6 Å². The number of nitrogens with one attached hydrogen (secondary N) is 2. The minimum absolute atomic E-state index is 0.0380. The molecule has 1 aliphatic heterocycles. The lowest BCUT2D eigenvalue weighted by molar-refractivity contribution is -0.135. The summed E-state index contributed by atoms with van der Waals surface area (Å²) >= 11 is 1.75. The molecule has 140 valence electrons. The third kappa shape index (κ3) is 4.55. The highest BCUT2D eigenvalue weighted by Crippen LogP contribution is 2.25. The van der Waals surface area contributed by atoms with Crippen LogP contribution in [0.4, 0.5) is 4.79 Å². The summed E-state index contributed by atoms with van der Waals surface area (Å²) < 4.78 is 1.29. The molecule has 0 unspecified atom stereocenters. The monoisotopic (exact) mass is 373 g/mol. The number of likely N-dealkylation sites (tertiary alicyclic amines) is 1. The number of amides is 3. The highest BCUT2D eigenvalue weighted by atomic mass is 32.1. The van der Waals surface area contributed by atoms with Crippen molar-refractivity contribution in [2.24, 2.45) is 5.92 Å². The van der Waals surface area contributed by atoms with Crippen molar-refractivity contribution >= 4 is 33.4 Å². The zero-order valence-corrected chi connectivity index (χ0v) is 16.3. The summed E-state index contributed by atoms with van der Waals surface area (Å²) in [6, 6.07) is 8.39. The minimum atomic E-state index is -0.113. The van der Waals surface area contributed by atoms with Crippen LogP contribution in [0, 0.1) is 5.92 Å². The Kier molecular flexibility index (Phi) is 6.14. The molecule has 0 saturated carbocycles. The van der Waals surface area contributed by atoms with Crippen LogP contribution >= 0.6 is 11.3 Å². The van der Waals surface area contributed by atoms with Crippen LogP contribution in [-0.4, -0.2) is 42.5 Å². The molecule has 3 amide bonds. The summed E-state index contributed by atoms with van der Waals surface area (Å²) in [5, 5.41) is 9.45. The molecule has 1 aromatic carbocycles. The van der Waals surface area contributed by atoms with Gasteiger partial charge in [-0.2, -0.15) is 0 Å². The second-order valence-corrected chi connectivity index (χ2v) is 8.07. The molecule has 6 heteroatoms. The van der Waals surface area contributed by atoms with Crippen LogP contribution in [0.3, 0.4) is 0 Å². The van der Waals surface area contributed by atoms with E-state index >= 15 is 0 Å². The van der Waals surface area contributed by atoms with Gasteiger partial charge in [0.25, 0.3) is 0 Å². The maximum Gasteiger partial charge on any atom is 0.315 e. The van der Waals surface area contributed by atoms with E-state index < -0.39 is 0 Å². The Morgan fingerprint density at radius 2 is 1.96 bits per heavy atom. The van der Waals surface area contributed by atoms with E-state index in [9.17, 15) is 9.59 Å². The van der Waals surface area contributed by atoms with Gasteiger partial charge in [0.1, 0.15) is 0 Å². The fourth-order valence-electron chi connectivity index (χ4n) is 3.38. The van der Waals surface area contributed by atoms with Gasteiger partial charge in [0.05, 0.1) is 0 Å². The average molecular weight is 374 g/mol. The van der Waals surface area contributed by atoms with E-state index in [4.69, 9.17) is 0 Å². The molecular formula is C20H27N3O2S. The highest BCUT2D eigenvalue weighted by Gasteiger charge is 2.24. The van der Waals surface area contributed by atoms with E-state index in [0.717, 1.165) is 32.4 Å². The SMILES string of the molecule is CC(C)C(=O)N1CCC(NC(=O)NCCc2csc3ccccc23)CC1. The Morgan fingerprint density at radius 1 is 1.23 bits per heavy atom. The molecule has 26 heavy (non-hydrogen) atoms. The molecule has 0 radical (unpaired) electrons. The molecule has 2 heterocycles. The molecule has 0 spiro atoms. The molecule has 1 aromatic heterocycles. The maximum atomic E-state index is 12.1. The standard InChI is InChI=1S/C20H27N3O2S/c1-14(2)19(24)23-11-8-16(9-12-23)22-20(25)21-10-7-15-13-26-18-6-4-3-5-17(15)18/h3-6,13-14,16H,7-12H2,1-2H3,(H2,21,22,25). The van der Waals surface area contributed by atoms with Crippen LogP contribution in [0.1, 0.15) is 32.3 Å². The van der Waals surface area contributed by atoms with E-state index in [2.05, 4.69) is 34.2 Å². The van der Waals surface area contributed by atoms with Crippen LogP contribution in [0.25, 0.3) is 10.1 Å². The number of fused-ring (bicyclic) bond motifs is 1. The molecule has 0 bridgehead atoms. The first-order valence-corrected chi connectivity index (χ1v) is 10.2. The number of benzene rings is 1. The van der Waals surface area contributed by atoms with Crippen LogP contribution < -0.4 is 10.6 Å². The summed E-state index contributed by atoms with van der Waals surface area (Å²) in [6.07, 6.45) is 2.47. The van der Waals surface area contributed by atoms with Crippen molar-refractivity contribution in [1.29, 1.82) is 0 Å². The van der Waals surface area contributed by atoms with Gasteiger partial charge in [0.15, 0.2) is 0 Å². The quantitative estimate of drug-likeness (QED) is 0.844. The Hall–Kier alpha value is -2.08. The first kappa shape index (κ1) is 18.7.